The van der Waals surface area contributed by atoms with Crippen molar-refractivity contribution in [3.05, 3.63) is 47.2 Å². The molecule has 1 fully saturated rings. The molecule has 5 heterocycles. The molecule has 2 aliphatic heterocycles. The van der Waals surface area contributed by atoms with Gasteiger partial charge >= 0.3 is 0 Å². The standard InChI is InChI=1S/C17H20N6/c1-11-5-17-18-8-14-15-4-3-13(6-16(14)23(17)20-11)22(15)10-12-7-19-21(2)9-12/h5,7-9,13,15H,3-4,6,10H2,1-2H3/t13-,15+/m1/s1. The molecule has 2 bridgehead atoms. The van der Waals surface area contributed by atoms with Gasteiger partial charge in [-0.25, -0.2) is 9.50 Å². The minimum atomic E-state index is 0.463. The lowest BCUT2D eigenvalue weighted by atomic mass is 9.98. The Morgan fingerprint density at radius 1 is 1.26 bits per heavy atom. The Kier molecular flexibility index (Phi) is 2.68. The van der Waals surface area contributed by atoms with Crippen molar-refractivity contribution in [2.75, 3.05) is 0 Å². The van der Waals surface area contributed by atoms with Gasteiger partial charge < -0.3 is 0 Å². The molecule has 0 unspecified atom stereocenters. The highest BCUT2D eigenvalue weighted by Crippen LogP contribution is 2.44. The Morgan fingerprint density at radius 2 is 2.17 bits per heavy atom. The van der Waals surface area contributed by atoms with Gasteiger partial charge in [0, 0.05) is 61.7 Å². The molecule has 2 aliphatic rings. The first-order chi connectivity index (χ1) is 11.2. The van der Waals surface area contributed by atoms with Crippen LogP contribution in [0.15, 0.2) is 24.7 Å². The van der Waals surface area contributed by atoms with Gasteiger partial charge in [-0.3, -0.25) is 9.58 Å². The number of fused-ring (bicyclic) bond motifs is 6. The number of nitrogens with zero attached hydrogens (tertiary/aromatic N) is 6. The second-order valence-corrected chi connectivity index (χ2v) is 6.86. The van der Waals surface area contributed by atoms with Crippen LogP contribution >= 0.6 is 0 Å². The van der Waals surface area contributed by atoms with Crippen molar-refractivity contribution < 1.29 is 0 Å². The summed E-state index contributed by atoms with van der Waals surface area (Å²) < 4.78 is 3.95. The third-order valence-corrected chi connectivity index (χ3v) is 5.29. The molecular weight excluding hydrogens is 288 g/mol. The molecule has 2 atom stereocenters. The second-order valence-electron chi connectivity index (χ2n) is 6.86. The molecule has 5 rings (SSSR count). The van der Waals surface area contributed by atoms with E-state index in [4.69, 9.17) is 0 Å². The largest absolute Gasteiger partial charge is 0.289 e. The van der Waals surface area contributed by atoms with Crippen LogP contribution in [0.5, 0.6) is 0 Å². The van der Waals surface area contributed by atoms with E-state index in [9.17, 15) is 0 Å². The van der Waals surface area contributed by atoms with Gasteiger partial charge in [0.1, 0.15) is 0 Å². The number of hydrogen-bond donors (Lipinski definition) is 0. The lowest BCUT2D eigenvalue weighted by molar-refractivity contribution is 0.165. The molecule has 3 aromatic heterocycles. The second kappa shape index (κ2) is 4.64. The van der Waals surface area contributed by atoms with Crippen LogP contribution < -0.4 is 0 Å². The lowest BCUT2D eigenvalue weighted by Gasteiger charge is -2.35. The van der Waals surface area contributed by atoms with E-state index in [0.717, 1.165) is 24.3 Å². The van der Waals surface area contributed by atoms with E-state index in [0.29, 0.717) is 12.1 Å². The first kappa shape index (κ1) is 13.2. The summed E-state index contributed by atoms with van der Waals surface area (Å²) in [6, 6.07) is 3.12. The maximum Gasteiger partial charge on any atom is 0.155 e. The van der Waals surface area contributed by atoms with Crippen LogP contribution in [0.2, 0.25) is 0 Å². The van der Waals surface area contributed by atoms with Crippen LogP contribution in [0, 0.1) is 6.92 Å². The first-order valence-electron chi connectivity index (χ1n) is 8.26. The summed E-state index contributed by atoms with van der Waals surface area (Å²) in [4.78, 5) is 7.26. The highest BCUT2D eigenvalue weighted by atomic mass is 15.3. The zero-order chi connectivity index (χ0) is 15.6. The fraction of sp³-hybridized carbons (Fsp3) is 0.471. The Balaban J connectivity index is 1.56. The van der Waals surface area contributed by atoms with Crippen molar-refractivity contribution in [1.82, 2.24) is 29.3 Å². The molecule has 118 valence electrons. The fourth-order valence-corrected chi connectivity index (χ4v) is 4.31. The molecule has 23 heavy (non-hydrogen) atoms. The highest BCUT2D eigenvalue weighted by molar-refractivity contribution is 5.44. The smallest absolute Gasteiger partial charge is 0.155 e. The van der Waals surface area contributed by atoms with E-state index < -0.39 is 0 Å². The van der Waals surface area contributed by atoms with Gasteiger partial charge in [0.05, 0.1) is 17.6 Å². The van der Waals surface area contributed by atoms with Crippen molar-refractivity contribution in [1.29, 1.82) is 0 Å². The molecule has 0 radical (unpaired) electrons. The average molecular weight is 308 g/mol. The Bertz CT molecular complexity index is 892. The molecule has 1 saturated heterocycles. The Labute approximate surface area is 134 Å². The van der Waals surface area contributed by atoms with Crippen molar-refractivity contribution >= 4 is 5.65 Å². The molecule has 0 aliphatic carbocycles. The minimum Gasteiger partial charge on any atom is -0.289 e. The van der Waals surface area contributed by atoms with Gasteiger partial charge in [-0.05, 0) is 19.8 Å². The van der Waals surface area contributed by atoms with Crippen molar-refractivity contribution in [2.24, 2.45) is 7.05 Å². The maximum absolute atomic E-state index is 4.66. The minimum absolute atomic E-state index is 0.463. The third-order valence-electron chi connectivity index (χ3n) is 5.29. The van der Waals surface area contributed by atoms with E-state index in [1.165, 1.54) is 29.7 Å². The summed E-state index contributed by atoms with van der Waals surface area (Å²) in [5.74, 6) is 0. The van der Waals surface area contributed by atoms with Crippen LogP contribution in [0.3, 0.4) is 0 Å². The molecule has 0 saturated carbocycles. The van der Waals surface area contributed by atoms with Crippen LogP contribution in [0.4, 0.5) is 0 Å². The zero-order valence-corrected chi connectivity index (χ0v) is 13.5. The predicted molar refractivity (Wildman–Crippen MR) is 85.9 cm³/mol. The van der Waals surface area contributed by atoms with E-state index in [1.54, 1.807) is 0 Å². The van der Waals surface area contributed by atoms with Crippen LogP contribution in [0.25, 0.3) is 5.65 Å². The Hall–Kier alpha value is -2.21. The topological polar surface area (TPSA) is 51.2 Å². The molecular formula is C17H20N6. The Morgan fingerprint density at radius 3 is 3.00 bits per heavy atom. The molecule has 0 spiro atoms. The SMILES string of the molecule is Cc1cc2ncc3c(n2n1)C[C@H]1CC[C@@H]3N1Cc1cnn(C)c1. The summed E-state index contributed by atoms with van der Waals surface area (Å²) >= 11 is 0. The van der Waals surface area contributed by atoms with Gasteiger partial charge in [0.15, 0.2) is 5.65 Å². The molecule has 3 aromatic rings. The third kappa shape index (κ3) is 1.94. The van der Waals surface area contributed by atoms with Crippen LogP contribution in [0.1, 0.15) is 41.4 Å². The number of aryl methyl sites for hydroxylation is 2. The molecule has 0 N–H and O–H groups in total. The molecule has 6 heteroatoms. The lowest BCUT2D eigenvalue weighted by Crippen LogP contribution is -2.38. The highest BCUT2D eigenvalue weighted by Gasteiger charge is 2.41. The van der Waals surface area contributed by atoms with Gasteiger partial charge in [-0.2, -0.15) is 10.2 Å². The van der Waals surface area contributed by atoms with Crippen LogP contribution in [-0.4, -0.2) is 35.3 Å². The fourth-order valence-electron chi connectivity index (χ4n) is 4.31. The summed E-state index contributed by atoms with van der Waals surface area (Å²) in [5, 5.41) is 8.96. The molecule has 0 amide bonds. The number of aromatic nitrogens is 5. The van der Waals surface area contributed by atoms with Gasteiger partial charge in [-0.15, -0.1) is 0 Å². The van der Waals surface area contributed by atoms with Gasteiger partial charge in [0.2, 0.25) is 0 Å². The first-order valence-corrected chi connectivity index (χ1v) is 8.26. The van der Waals surface area contributed by atoms with E-state index >= 15 is 0 Å². The van der Waals surface area contributed by atoms with Crippen LogP contribution in [-0.2, 0) is 20.0 Å². The number of rotatable bonds is 2. The van der Waals surface area contributed by atoms with Gasteiger partial charge in [-0.1, -0.05) is 0 Å². The van der Waals surface area contributed by atoms with Gasteiger partial charge in [0.25, 0.3) is 0 Å². The summed E-state index contributed by atoms with van der Waals surface area (Å²) in [6.45, 7) is 3.01. The van der Waals surface area contributed by atoms with Crippen molar-refractivity contribution in [3.8, 4) is 0 Å². The molecule has 0 aromatic carbocycles. The molecule has 6 nitrogen and oxygen atoms in total. The zero-order valence-electron chi connectivity index (χ0n) is 13.5. The van der Waals surface area contributed by atoms with Crippen molar-refractivity contribution in [3.63, 3.8) is 0 Å². The maximum atomic E-state index is 4.66. The quantitative estimate of drug-likeness (QED) is 0.727. The predicted octanol–water partition coefficient (Wildman–Crippen LogP) is 2.03. The van der Waals surface area contributed by atoms with E-state index in [2.05, 4.69) is 43.1 Å². The van der Waals surface area contributed by atoms with E-state index in [1.807, 2.05) is 24.9 Å². The normalized spacial score (nSPS) is 23.6. The average Bonchev–Trinajstić information content (AvgIpc) is 3.17. The summed E-state index contributed by atoms with van der Waals surface area (Å²) in [7, 11) is 1.98. The summed E-state index contributed by atoms with van der Waals surface area (Å²) in [6.07, 6.45) is 9.70. The van der Waals surface area contributed by atoms with E-state index in [-0.39, 0.29) is 0 Å². The summed E-state index contributed by atoms with van der Waals surface area (Å²) in [5.41, 5.74) is 6.02. The monoisotopic (exact) mass is 308 g/mol. The van der Waals surface area contributed by atoms with Crippen molar-refractivity contribution in [2.45, 2.75) is 44.8 Å². The number of hydrogen-bond acceptors (Lipinski definition) is 4.